The fourth-order valence-electron chi connectivity index (χ4n) is 2.36. The van der Waals surface area contributed by atoms with Crippen molar-refractivity contribution in [2.24, 2.45) is 11.1 Å². The second kappa shape index (κ2) is 5.83. The van der Waals surface area contributed by atoms with Gasteiger partial charge in [0, 0.05) is 18.6 Å². The number of ether oxygens (including phenoxy) is 1. The van der Waals surface area contributed by atoms with Gasteiger partial charge in [0.05, 0.1) is 12.1 Å². The Morgan fingerprint density at radius 1 is 1.59 bits per heavy atom. The van der Waals surface area contributed by atoms with Gasteiger partial charge in [0.2, 0.25) is 5.91 Å². The predicted octanol–water partition coefficient (Wildman–Crippen LogP) is 1.43. The van der Waals surface area contributed by atoms with Gasteiger partial charge in [0.25, 0.3) is 0 Å². The Hall–Kier alpha value is -0.610. The number of rotatable bonds is 6. The Balaban J connectivity index is 2.38. The summed E-state index contributed by atoms with van der Waals surface area (Å²) in [6.07, 6.45) is 3.96. The van der Waals surface area contributed by atoms with Crippen molar-refractivity contribution in [3.8, 4) is 0 Å². The van der Waals surface area contributed by atoms with E-state index in [1.165, 1.54) is 0 Å². The van der Waals surface area contributed by atoms with Gasteiger partial charge in [-0.1, -0.05) is 33.6 Å². The SMILES string of the molecule is CCCC[C@H](N)C(=O)NC1CC(OC)C1(C)C. The maximum absolute atomic E-state index is 11.9. The van der Waals surface area contributed by atoms with E-state index in [1.54, 1.807) is 7.11 Å². The van der Waals surface area contributed by atoms with Gasteiger partial charge in [-0.3, -0.25) is 4.79 Å². The fraction of sp³-hybridized carbons (Fsp3) is 0.923. The van der Waals surface area contributed by atoms with Gasteiger partial charge >= 0.3 is 0 Å². The minimum absolute atomic E-state index is 0.00882. The molecule has 1 saturated carbocycles. The zero-order valence-corrected chi connectivity index (χ0v) is 11.5. The van der Waals surface area contributed by atoms with Crippen LogP contribution in [0.15, 0.2) is 0 Å². The molecule has 2 unspecified atom stereocenters. The van der Waals surface area contributed by atoms with E-state index < -0.39 is 0 Å². The lowest BCUT2D eigenvalue weighted by Crippen LogP contribution is -2.63. The van der Waals surface area contributed by atoms with Crippen molar-refractivity contribution < 1.29 is 9.53 Å². The van der Waals surface area contributed by atoms with Crippen molar-refractivity contribution in [2.75, 3.05) is 7.11 Å². The fourth-order valence-corrected chi connectivity index (χ4v) is 2.36. The summed E-state index contributed by atoms with van der Waals surface area (Å²) in [7, 11) is 1.72. The smallest absolute Gasteiger partial charge is 0.237 e. The molecule has 4 nitrogen and oxygen atoms in total. The monoisotopic (exact) mass is 242 g/mol. The maximum Gasteiger partial charge on any atom is 0.237 e. The lowest BCUT2D eigenvalue weighted by atomic mass is 9.64. The highest BCUT2D eigenvalue weighted by molar-refractivity contribution is 5.81. The van der Waals surface area contributed by atoms with E-state index in [-0.39, 0.29) is 29.5 Å². The summed E-state index contributed by atoms with van der Waals surface area (Å²) in [4.78, 5) is 11.9. The lowest BCUT2D eigenvalue weighted by Gasteiger charge is -2.51. The molecular formula is C13H26N2O2. The highest BCUT2D eigenvalue weighted by Crippen LogP contribution is 2.42. The average Bonchev–Trinajstić information content (AvgIpc) is 2.30. The van der Waals surface area contributed by atoms with E-state index in [0.717, 1.165) is 25.7 Å². The van der Waals surface area contributed by atoms with Crippen molar-refractivity contribution in [1.82, 2.24) is 5.32 Å². The zero-order valence-electron chi connectivity index (χ0n) is 11.5. The molecule has 0 heterocycles. The van der Waals surface area contributed by atoms with Gasteiger partial charge in [0.15, 0.2) is 0 Å². The third-order valence-electron chi connectivity index (χ3n) is 3.98. The van der Waals surface area contributed by atoms with Crippen LogP contribution in [-0.4, -0.2) is 31.2 Å². The van der Waals surface area contributed by atoms with Crippen LogP contribution in [0.5, 0.6) is 0 Å². The molecule has 0 aliphatic heterocycles. The molecular weight excluding hydrogens is 216 g/mol. The van der Waals surface area contributed by atoms with Crippen LogP contribution in [0, 0.1) is 5.41 Å². The molecule has 100 valence electrons. The quantitative estimate of drug-likeness (QED) is 0.740. The van der Waals surface area contributed by atoms with Crippen molar-refractivity contribution in [3.05, 3.63) is 0 Å². The highest BCUT2D eigenvalue weighted by atomic mass is 16.5. The van der Waals surface area contributed by atoms with Crippen LogP contribution in [0.25, 0.3) is 0 Å². The van der Waals surface area contributed by atoms with Gasteiger partial charge in [-0.15, -0.1) is 0 Å². The number of carbonyl (C=O) groups is 1. The van der Waals surface area contributed by atoms with Crippen LogP contribution >= 0.6 is 0 Å². The summed E-state index contributed by atoms with van der Waals surface area (Å²) in [5.41, 5.74) is 5.85. The third-order valence-corrected chi connectivity index (χ3v) is 3.98. The van der Waals surface area contributed by atoms with Gasteiger partial charge in [-0.05, 0) is 12.8 Å². The molecule has 0 radical (unpaired) electrons. The van der Waals surface area contributed by atoms with Crippen LogP contribution in [-0.2, 0) is 9.53 Å². The number of nitrogens with one attached hydrogen (secondary N) is 1. The predicted molar refractivity (Wildman–Crippen MR) is 68.6 cm³/mol. The Kier molecular flexibility index (Phi) is 4.95. The maximum atomic E-state index is 11.9. The molecule has 3 atom stereocenters. The minimum atomic E-state index is -0.368. The Morgan fingerprint density at radius 2 is 2.24 bits per heavy atom. The first-order valence-electron chi connectivity index (χ1n) is 6.52. The van der Waals surface area contributed by atoms with Crippen LogP contribution in [0.3, 0.4) is 0 Å². The van der Waals surface area contributed by atoms with E-state index >= 15 is 0 Å². The number of carbonyl (C=O) groups excluding carboxylic acids is 1. The molecule has 0 spiro atoms. The van der Waals surface area contributed by atoms with Gasteiger partial charge < -0.3 is 15.8 Å². The Labute approximate surface area is 104 Å². The Bertz CT molecular complexity index is 266. The number of hydrogen-bond donors (Lipinski definition) is 2. The highest BCUT2D eigenvalue weighted by Gasteiger charge is 2.49. The average molecular weight is 242 g/mol. The number of hydrogen-bond acceptors (Lipinski definition) is 3. The molecule has 0 aromatic rings. The summed E-state index contributed by atoms with van der Waals surface area (Å²) in [6.45, 7) is 6.34. The molecule has 1 fully saturated rings. The molecule has 1 amide bonds. The number of methoxy groups -OCH3 is 1. The molecule has 3 N–H and O–H groups in total. The Morgan fingerprint density at radius 3 is 2.71 bits per heavy atom. The molecule has 0 aromatic heterocycles. The summed E-state index contributed by atoms with van der Waals surface area (Å²) >= 11 is 0. The first-order valence-corrected chi connectivity index (χ1v) is 6.52. The summed E-state index contributed by atoms with van der Waals surface area (Å²) < 4.78 is 5.36. The molecule has 1 aliphatic carbocycles. The van der Waals surface area contributed by atoms with Crippen molar-refractivity contribution in [1.29, 1.82) is 0 Å². The normalized spacial score (nSPS) is 28.3. The van der Waals surface area contributed by atoms with Gasteiger partial charge in [-0.2, -0.15) is 0 Å². The van der Waals surface area contributed by atoms with Crippen LogP contribution < -0.4 is 11.1 Å². The van der Waals surface area contributed by atoms with Crippen molar-refractivity contribution >= 4 is 5.91 Å². The summed E-state index contributed by atoms with van der Waals surface area (Å²) in [5.74, 6) is -0.0221. The molecule has 0 bridgehead atoms. The van der Waals surface area contributed by atoms with E-state index in [2.05, 4.69) is 26.1 Å². The topological polar surface area (TPSA) is 64.4 Å². The summed E-state index contributed by atoms with van der Waals surface area (Å²) in [5, 5.41) is 3.04. The second-order valence-corrected chi connectivity index (χ2v) is 5.59. The molecule has 17 heavy (non-hydrogen) atoms. The first-order chi connectivity index (χ1) is 7.93. The molecule has 0 aromatic carbocycles. The molecule has 4 heteroatoms. The van der Waals surface area contributed by atoms with Crippen molar-refractivity contribution in [3.63, 3.8) is 0 Å². The largest absolute Gasteiger partial charge is 0.381 e. The third kappa shape index (κ3) is 3.19. The van der Waals surface area contributed by atoms with Crippen LogP contribution in [0.1, 0.15) is 46.5 Å². The van der Waals surface area contributed by atoms with Gasteiger partial charge in [0.1, 0.15) is 0 Å². The standard InChI is InChI=1S/C13H26N2O2/c1-5-6-7-9(14)12(16)15-10-8-11(17-4)13(10,2)3/h9-11H,5-8,14H2,1-4H3,(H,15,16)/t9-,10?,11?/m0/s1. The molecule has 0 saturated heterocycles. The van der Waals surface area contributed by atoms with E-state index in [0.29, 0.717) is 0 Å². The molecule has 1 rings (SSSR count). The van der Waals surface area contributed by atoms with Crippen molar-refractivity contribution in [2.45, 2.75) is 64.6 Å². The number of nitrogens with two attached hydrogens (primary N) is 1. The first kappa shape index (κ1) is 14.5. The number of amides is 1. The zero-order chi connectivity index (χ0) is 13.1. The summed E-state index contributed by atoms with van der Waals surface area (Å²) in [6, 6.07) is -0.181. The van der Waals surface area contributed by atoms with E-state index in [9.17, 15) is 4.79 Å². The second-order valence-electron chi connectivity index (χ2n) is 5.59. The number of unbranched alkanes of at least 4 members (excludes halogenated alkanes) is 1. The van der Waals surface area contributed by atoms with E-state index in [1.807, 2.05) is 0 Å². The van der Waals surface area contributed by atoms with Crippen LogP contribution in [0.4, 0.5) is 0 Å². The molecule has 1 aliphatic rings. The van der Waals surface area contributed by atoms with Crippen LogP contribution in [0.2, 0.25) is 0 Å². The lowest BCUT2D eigenvalue weighted by molar-refractivity contribution is -0.133. The van der Waals surface area contributed by atoms with Gasteiger partial charge in [-0.25, -0.2) is 0 Å². The minimum Gasteiger partial charge on any atom is -0.381 e. The van der Waals surface area contributed by atoms with E-state index in [4.69, 9.17) is 10.5 Å².